The normalized spacial score (nSPS) is 10.3. The highest BCUT2D eigenvalue weighted by atomic mass is 16.1. The highest BCUT2D eigenvalue weighted by Crippen LogP contribution is 2.28. The molecule has 2 aromatic carbocycles. The zero-order valence-corrected chi connectivity index (χ0v) is 11.2. The molecule has 2 rings (SSSR count). The Hall–Kier alpha value is -2.29. The van der Waals surface area contributed by atoms with Gasteiger partial charge in [0.15, 0.2) is 0 Å². The van der Waals surface area contributed by atoms with E-state index >= 15 is 0 Å². The lowest BCUT2D eigenvalue weighted by Gasteiger charge is -2.24. The summed E-state index contributed by atoms with van der Waals surface area (Å²) in [5.74, 6) is 0. The molecule has 3 heteroatoms. The summed E-state index contributed by atoms with van der Waals surface area (Å²) >= 11 is 0. The zero-order chi connectivity index (χ0) is 13.7. The summed E-state index contributed by atoms with van der Waals surface area (Å²) in [6.07, 6.45) is 0.871. The third-order valence-electron chi connectivity index (χ3n) is 2.90. The number of nitrogens with one attached hydrogen (secondary N) is 1. The van der Waals surface area contributed by atoms with Crippen molar-refractivity contribution in [1.82, 2.24) is 0 Å². The summed E-state index contributed by atoms with van der Waals surface area (Å²) in [6, 6.07) is 17.9. The highest BCUT2D eigenvalue weighted by molar-refractivity contribution is 5.85. The molecule has 98 valence electrons. The Kier molecular flexibility index (Phi) is 4.18. The third-order valence-corrected chi connectivity index (χ3v) is 2.90. The maximum Gasteiger partial charge on any atom is 0.214 e. The standard InChI is InChI=1S/C16H18N2O/c1-13(2)18(12-19)16-11-7-6-10-15(16)17-14-8-4-3-5-9-14/h3-13,17H,1-2H3. The van der Waals surface area contributed by atoms with Gasteiger partial charge in [-0.1, -0.05) is 30.3 Å². The van der Waals surface area contributed by atoms with Crippen molar-refractivity contribution in [2.24, 2.45) is 0 Å². The second-order valence-corrected chi connectivity index (χ2v) is 4.61. The average Bonchev–Trinajstić information content (AvgIpc) is 2.42. The summed E-state index contributed by atoms with van der Waals surface area (Å²) in [5.41, 5.74) is 2.82. The molecule has 0 aliphatic rings. The SMILES string of the molecule is CC(C)N(C=O)c1ccccc1Nc1ccccc1. The van der Waals surface area contributed by atoms with E-state index in [2.05, 4.69) is 5.32 Å². The number of hydrogen-bond acceptors (Lipinski definition) is 2. The van der Waals surface area contributed by atoms with Gasteiger partial charge in [-0.2, -0.15) is 0 Å². The van der Waals surface area contributed by atoms with E-state index in [1.807, 2.05) is 68.4 Å². The lowest BCUT2D eigenvalue weighted by molar-refractivity contribution is -0.107. The van der Waals surface area contributed by atoms with Crippen LogP contribution in [0.3, 0.4) is 0 Å². The number of hydrogen-bond donors (Lipinski definition) is 1. The molecule has 0 radical (unpaired) electrons. The molecule has 0 aliphatic carbocycles. The number of anilines is 3. The lowest BCUT2D eigenvalue weighted by atomic mass is 10.2. The largest absolute Gasteiger partial charge is 0.354 e. The maximum atomic E-state index is 11.2. The van der Waals surface area contributed by atoms with Crippen molar-refractivity contribution in [1.29, 1.82) is 0 Å². The molecular weight excluding hydrogens is 236 g/mol. The summed E-state index contributed by atoms with van der Waals surface area (Å²) in [7, 11) is 0. The molecular formula is C16H18N2O. The molecule has 0 saturated carbocycles. The van der Waals surface area contributed by atoms with Gasteiger partial charge in [0.1, 0.15) is 0 Å². The smallest absolute Gasteiger partial charge is 0.214 e. The van der Waals surface area contributed by atoms with Crippen LogP contribution >= 0.6 is 0 Å². The molecule has 19 heavy (non-hydrogen) atoms. The molecule has 0 aromatic heterocycles. The number of carbonyl (C=O) groups excluding carboxylic acids is 1. The molecule has 0 bridgehead atoms. The number of amides is 1. The summed E-state index contributed by atoms with van der Waals surface area (Å²) in [5, 5.41) is 3.34. The van der Waals surface area contributed by atoms with Gasteiger partial charge in [0.2, 0.25) is 6.41 Å². The van der Waals surface area contributed by atoms with Crippen LogP contribution in [0.25, 0.3) is 0 Å². The second kappa shape index (κ2) is 6.05. The van der Waals surface area contributed by atoms with Crippen molar-refractivity contribution in [2.75, 3.05) is 10.2 Å². The monoisotopic (exact) mass is 254 g/mol. The van der Waals surface area contributed by atoms with Gasteiger partial charge in [-0.25, -0.2) is 0 Å². The van der Waals surface area contributed by atoms with Gasteiger partial charge >= 0.3 is 0 Å². The quantitative estimate of drug-likeness (QED) is 0.823. The average molecular weight is 254 g/mol. The number of para-hydroxylation sites is 3. The van der Waals surface area contributed by atoms with Gasteiger partial charge in [-0.05, 0) is 38.1 Å². The van der Waals surface area contributed by atoms with Crippen LogP contribution in [-0.2, 0) is 4.79 Å². The molecule has 0 saturated heterocycles. The minimum absolute atomic E-state index is 0.122. The molecule has 1 N–H and O–H groups in total. The van der Waals surface area contributed by atoms with Gasteiger partial charge in [-0.15, -0.1) is 0 Å². The van der Waals surface area contributed by atoms with E-state index in [0.717, 1.165) is 23.5 Å². The van der Waals surface area contributed by atoms with Crippen molar-refractivity contribution in [3.05, 3.63) is 54.6 Å². The van der Waals surface area contributed by atoms with Crippen LogP contribution in [0.4, 0.5) is 17.1 Å². The van der Waals surface area contributed by atoms with Gasteiger partial charge in [0.05, 0.1) is 11.4 Å². The Bertz CT molecular complexity index is 537. The molecule has 0 spiro atoms. The van der Waals surface area contributed by atoms with E-state index in [9.17, 15) is 4.79 Å². The van der Waals surface area contributed by atoms with Crippen LogP contribution in [0, 0.1) is 0 Å². The van der Waals surface area contributed by atoms with Gasteiger partial charge in [0.25, 0.3) is 0 Å². The molecule has 3 nitrogen and oxygen atoms in total. The Balaban J connectivity index is 2.33. The minimum atomic E-state index is 0.122. The number of benzene rings is 2. The van der Waals surface area contributed by atoms with Crippen molar-refractivity contribution in [2.45, 2.75) is 19.9 Å². The molecule has 0 unspecified atom stereocenters. The molecule has 1 amide bonds. The fourth-order valence-corrected chi connectivity index (χ4v) is 1.94. The van der Waals surface area contributed by atoms with Gasteiger partial charge < -0.3 is 10.2 Å². The summed E-state index contributed by atoms with van der Waals surface area (Å²) in [4.78, 5) is 13.0. The van der Waals surface area contributed by atoms with Crippen LogP contribution in [-0.4, -0.2) is 12.5 Å². The zero-order valence-electron chi connectivity index (χ0n) is 11.2. The van der Waals surface area contributed by atoms with Crippen LogP contribution in [0.15, 0.2) is 54.6 Å². The Morgan fingerprint density at radius 2 is 1.63 bits per heavy atom. The Labute approximate surface area is 113 Å². The first kappa shape index (κ1) is 13.1. The molecule has 0 heterocycles. The Morgan fingerprint density at radius 3 is 2.26 bits per heavy atom. The van der Waals surface area contributed by atoms with Crippen molar-refractivity contribution in [3.8, 4) is 0 Å². The van der Waals surface area contributed by atoms with E-state index < -0.39 is 0 Å². The molecule has 0 fully saturated rings. The topological polar surface area (TPSA) is 32.3 Å². The molecule has 2 aromatic rings. The van der Waals surface area contributed by atoms with Gasteiger partial charge in [0, 0.05) is 11.7 Å². The van der Waals surface area contributed by atoms with E-state index in [1.54, 1.807) is 4.90 Å². The van der Waals surface area contributed by atoms with Crippen LogP contribution < -0.4 is 10.2 Å². The maximum absolute atomic E-state index is 11.2. The van der Waals surface area contributed by atoms with E-state index in [-0.39, 0.29) is 6.04 Å². The number of nitrogens with zero attached hydrogens (tertiary/aromatic N) is 1. The van der Waals surface area contributed by atoms with Crippen molar-refractivity contribution < 1.29 is 4.79 Å². The van der Waals surface area contributed by atoms with Crippen LogP contribution in [0.2, 0.25) is 0 Å². The molecule has 0 aliphatic heterocycles. The summed E-state index contributed by atoms with van der Waals surface area (Å²) < 4.78 is 0. The first-order chi connectivity index (χ1) is 9.22. The fourth-order valence-electron chi connectivity index (χ4n) is 1.94. The minimum Gasteiger partial charge on any atom is -0.354 e. The van der Waals surface area contributed by atoms with E-state index in [0.29, 0.717) is 0 Å². The van der Waals surface area contributed by atoms with E-state index in [4.69, 9.17) is 0 Å². The predicted molar refractivity (Wildman–Crippen MR) is 79.8 cm³/mol. The second-order valence-electron chi connectivity index (χ2n) is 4.61. The lowest BCUT2D eigenvalue weighted by Crippen LogP contribution is -2.29. The number of rotatable bonds is 5. The van der Waals surface area contributed by atoms with Crippen LogP contribution in [0.1, 0.15) is 13.8 Å². The molecule has 0 atom stereocenters. The third kappa shape index (κ3) is 3.13. The summed E-state index contributed by atoms with van der Waals surface area (Å²) in [6.45, 7) is 3.99. The van der Waals surface area contributed by atoms with Crippen molar-refractivity contribution >= 4 is 23.5 Å². The van der Waals surface area contributed by atoms with Gasteiger partial charge in [-0.3, -0.25) is 4.79 Å². The Morgan fingerprint density at radius 1 is 1.00 bits per heavy atom. The van der Waals surface area contributed by atoms with Crippen LogP contribution in [0.5, 0.6) is 0 Å². The predicted octanol–water partition coefficient (Wildman–Crippen LogP) is 3.80. The first-order valence-electron chi connectivity index (χ1n) is 6.37. The number of carbonyl (C=O) groups is 1. The van der Waals surface area contributed by atoms with Crippen molar-refractivity contribution in [3.63, 3.8) is 0 Å². The first-order valence-corrected chi connectivity index (χ1v) is 6.37. The van der Waals surface area contributed by atoms with E-state index in [1.165, 1.54) is 0 Å². The fraction of sp³-hybridized carbons (Fsp3) is 0.188. The highest BCUT2D eigenvalue weighted by Gasteiger charge is 2.13.